The van der Waals surface area contributed by atoms with Crippen LogP contribution in [0.15, 0.2) is 6.07 Å². The van der Waals surface area contributed by atoms with E-state index in [4.69, 9.17) is 10.6 Å². The summed E-state index contributed by atoms with van der Waals surface area (Å²) < 4.78 is 7.78. The monoisotopic (exact) mass is 266 g/mol. The minimum Gasteiger partial charge on any atom is -0.377 e. The predicted octanol–water partition coefficient (Wildman–Crippen LogP) is 1.32. The van der Waals surface area contributed by atoms with Gasteiger partial charge in [-0.05, 0) is 25.3 Å². The van der Waals surface area contributed by atoms with Crippen molar-refractivity contribution in [2.45, 2.75) is 57.1 Å². The van der Waals surface area contributed by atoms with Crippen LogP contribution in [0, 0.1) is 0 Å². The Bertz CT molecular complexity index is 410. The van der Waals surface area contributed by atoms with E-state index < -0.39 is 0 Å². The highest BCUT2D eigenvalue weighted by atomic mass is 16.5. The van der Waals surface area contributed by atoms with E-state index in [9.17, 15) is 0 Å². The summed E-state index contributed by atoms with van der Waals surface area (Å²) in [7, 11) is 3.80. The summed E-state index contributed by atoms with van der Waals surface area (Å²) in [5.74, 6) is 5.79. The van der Waals surface area contributed by atoms with E-state index in [1.807, 2.05) is 11.7 Å². The minimum absolute atomic E-state index is 0.120. The van der Waals surface area contributed by atoms with Gasteiger partial charge in [-0.2, -0.15) is 5.10 Å². The van der Waals surface area contributed by atoms with Crippen LogP contribution in [0.1, 0.15) is 44.0 Å². The van der Waals surface area contributed by atoms with Crippen LogP contribution < -0.4 is 11.3 Å². The number of methoxy groups -OCH3 is 1. The van der Waals surface area contributed by atoms with Gasteiger partial charge in [0.15, 0.2) is 0 Å². The highest BCUT2D eigenvalue weighted by Crippen LogP contribution is 2.36. The Morgan fingerprint density at radius 3 is 2.68 bits per heavy atom. The Morgan fingerprint density at radius 2 is 2.21 bits per heavy atom. The molecule has 1 aromatic rings. The summed E-state index contributed by atoms with van der Waals surface area (Å²) >= 11 is 0. The molecule has 108 valence electrons. The van der Waals surface area contributed by atoms with E-state index in [-0.39, 0.29) is 11.6 Å². The van der Waals surface area contributed by atoms with Crippen LogP contribution >= 0.6 is 0 Å². The number of ether oxygens (including phenoxy) is 1. The third-order valence-corrected chi connectivity index (χ3v) is 4.50. The van der Waals surface area contributed by atoms with Gasteiger partial charge in [0, 0.05) is 26.3 Å². The molecule has 1 aliphatic rings. The van der Waals surface area contributed by atoms with E-state index in [2.05, 4.69) is 23.5 Å². The van der Waals surface area contributed by atoms with Gasteiger partial charge in [-0.3, -0.25) is 16.0 Å². The number of rotatable bonds is 6. The van der Waals surface area contributed by atoms with Crippen LogP contribution in [0.5, 0.6) is 0 Å². The van der Waals surface area contributed by atoms with Gasteiger partial charge in [0.05, 0.1) is 17.3 Å². The van der Waals surface area contributed by atoms with E-state index in [1.54, 1.807) is 7.11 Å². The largest absolute Gasteiger partial charge is 0.377 e. The van der Waals surface area contributed by atoms with Gasteiger partial charge in [-0.15, -0.1) is 0 Å². The zero-order valence-corrected chi connectivity index (χ0v) is 12.3. The Labute approximate surface area is 115 Å². The molecule has 19 heavy (non-hydrogen) atoms. The van der Waals surface area contributed by atoms with E-state index in [1.165, 1.54) is 18.5 Å². The lowest BCUT2D eigenvalue weighted by atomic mass is 9.89. The summed E-state index contributed by atoms with van der Waals surface area (Å²) in [6, 6.07) is 2.31. The van der Waals surface area contributed by atoms with Crippen molar-refractivity contribution in [1.29, 1.82) is 0 Å². The Balaban J connectivity index is 2.16. The summed E-state index contributed by atoms with van der Waals surface area (Å²) in [4.78, 5) is 0. The van der Waals surface area contributed by atoms with Crippen molar-refractivity contribution in [3.8, 4) is 0 Å². The maximum Gasteiger partial charge on any atom is 0.0848 e. The number of hydrogen-bond acceptors (Lipinski definition) is 4. The molecule has 1 unspecified atom stereocenters. The number of nitrogens with one attached hydrogen (secondary N) is 1. The maximum atomic E-state index is 5.82. The third-order valence-electron chi connectivity index (χ3n) is 4.50. The van der Waals surface area contributed by atoms with Crippen LogP contribution in [0.25, 0.3) is 0 Å². The molecule has 5 heteroatoms. The average molecular weight is 266 g/mol. The number of aryl methyl sites for hydroxylation is 2. The minimum atomic E-state index is -0.120. The van der Waals surface area contributed by atoms with E-state index >= 15 is 0 Å². The van der Waals surface area contributed by atoms with Gasteiger partial charge in [0.25, 0.3) is 0 Å². The molecule has 1 fully saturated rings. The topological polar surface area (TPSA) is 65.1 Å². The molecule has 0 aromatic carbocycles. The Morgan fingerprint density at radius 1 is 1.53 bits per heavy atom. The molecular weight excluding hydrogens is 240 g/mol. The summed E-state index contributed by atoms with van der Waals surface area (Å²) in [6.45, 7) is 2.12. The molecule has 0 aliphatic heterocycles. The molecule has 1 atom stereocenters. The van der Waals surface area contributed by atoms with Crippen molar-refractivity contribution in [2.24, 2.45) is 12.9 Å². The SMILES string of the molecule is CCc1cc(CC(NN)C2(OC)CCCC2)n(C)n1. The van der Waals surface area contributed by atoms with Gasteiger partial charge in [0.1, 0.15) is 0 Å². The zero-order chi connectivity index (χ0) is 13.9. The Hall–Kier alpha value is -0.910. The number of hydrazine groups is 1. The summed E-state index contributed by atoms with van der Waals surface area (Å²) in [6.07, 6.45) is 6.42. The van der Waals surface area contributed by atoms with Crippen molar-refractivity contribution in [1.82, 2.24) is 15.2 Å². The van der Waals surface area contributed by atoms with Gasteiger partial charge < -0.3 is 4.74 Å². The van der Waals surface area contributed by atoms with Gasteiger partial charge >= 0.3 is 0 Å². The van der Waals surface area contributed by atoms with Crippen LogP contribution in [-0.2, 0) is 24.6 Å². The number of hydrogen-bond donors (Lipinski definition) is 2. The molecule has 1 heterocycles. The maximum absolute atomic E-state index is 5.82. The first kappa shape index (κ1) is 14.5. The van der Waals surface area contributed by atoms with Gasteiger partial charge in [-0.25, -0.2) is 0 Å². The summed E-state index contributed by atoms with van der Waals surface area (Å²) in [5, 5.41) is 4.50. The van der Waals surface area contributed by atoms with Gasteiger partial charge in [-0.1, -0.05) is 19.8 Å². The first-order valence-electron chi connectivity index (χ1n) is 7.18. The average Bonchev–Trinajstić information content (AvgIpc) is 3.03. The normalized spacial score (nSPS) is 19.8. The summed E-state index contributed by atoms with van der Waals surface area (Å²) in [5.41, 5.74) is 5.19. The first-order valence-corrected chi connectivity index (χ1v) is 7.18. The Kier molecular flexibility index (Phi) is 4.60. The molecule has 2 rings (SSSR count). The second-order valence-corrected chi connectivity index (χ2v) is 5.50. The lowest BCUT2D eigenvalue weighted by molar-refractivity contribution is -0.0359. The molecule has 1 saturated carbocycles. The third kappa shape index (κ3) is 2.83. The van der Waals surface area contributed by atoms with Crippen molar-refractivity contribution >= 4 is 0 Å². The molecule has 0 amide bonds. The molecule has 3 N–H and O–H groups in total. The van der Waals surface area contributed by atoms with E-state index in [0.29, 0.717) is 0 Å². The first-order chi connectivity index (χ1) is 9.15. The number of nitrogens with zero attached hydrogens (tertiary/aromatic N) is 2. The fraction of sp³-hybridized carbons (Fsp3) is 0.786. The number of aromatic nitrogens is 2. The fourth-order valence-corrected chi connectivity index (χ4v) is 3.21. The lowest BCUT2D eigenvalue weighted by Gasteiger charge is -2.36. The predicted molar refractivity (Wildman–Crippen MR) is 75.6 cm³/mol. The van der Waals surface area contributed by atoms with Gasteiger partial charge in [0.2, 0.25) is 0 Å². The fourth-order valence-electron chi connectivity index (χ4n) is 3.21. The molecule has 1 aliphatic carbocycles. The van der Waals surface area contributed by atoms with Crippen LogP contribution in [0.2, 0.25) is 0 Å². The number of nitrogens with two attached hydrogens (primary N) is 1. The molecular formula is C14H26N4O. The quantitative estimate of drug-likeness (QED) is 0.602. The van der Waals surface area contributed by atoms with Crippen molar-refractivity contribution in [3.63, 3.8) is 0 Å². The highest BCUT2D eigenvalue weighted by Gasteiger charge is 2.41. The molecule has 0 bridgehead atoms. The second kappa shape index (κ2) is 6.03. The van der Waals surface area contributed by atoms with Crippen LogP contribution in [-0.4, -0.2) is 28.5 Å². The lowest BCUT2D eigenvalue weighted by Crippen LogP contribution is -2.54. The smallest absolute Gasteiger partial charge is 0.0848 e. The molecule has 0 spiro atoms. The molecule has 0 radical (unpaired) electrons. The highest BCUT2D eigenvalue weighted by molar-refractivity contribution is 5.13. The van der Waals surface area contributed by atoms with Crippen molar-refractivity contribution in [2.75, 3.05) is 7.11 Å². The van der Waals surface area contributed by atoms with Crippen molar-refractivity contribution in [3.05, 3.63) is 17.5 Å². The van der Waals surface area contributed by atoms with E-state index in [0.717, 1.165) is 31.4 Å². The molecule has 1 aromatic heterocycles. The van der Waals surface area contributed by atoms with Crippen molar-refractivity contribution < 1.29 is 4.74 Å². The van der Waals surface area contributed by atoms with Crippen LogP contribution in [0.3, 0.4) is 0 Å². The molecule has 0 saturated heterocycles. The zero-order valence-electron chi connectivity index (χ0n) is 12.3. The molecule has 5 nitrogen and oxygen atoms in total. The van der Waals surface area contributed by atoms with Crippen LogP contribution in [0.4, 0.5) is 0 Å². The standard InChI is InChI=1S/C14H26N4O/c1-4-11-9-12(18(2)17-11)10-13(16-15)14(19-3)7-5-6-8-14/h9,13,16H,4-8,10,15H2,1-3H3. The second-order valence-electron chi connectivity index (χ2n) is 5.50.